The summed E-state index contributed by atoms with van der Waals surface area (Å²) >= 11 is 6.11. The Labute approximate surface area is 158 Å². The number of carbonyl (C=O) groups is 1. The molecule has 0 saturated carbocycles. The van der Waals surface area contributed by atoms with Crippen molar-refractivity contribution in [2.45, 2.75) is 19.9 Å². The van der Waals surface area contributed by atoms with Crippen LogP contribution in [0.5, 0.6) is 11.5 Å². The molecule has 1 atom stereocenters. The van der Waals surface area contributed by atoms with E-state index in [0.29, 0.717) is 22.1 Å². The highest BCUT2D eigenvalue weighted by atomic mass is 35.5. The monoisotopic (exact) mass is 365 g/mol. The van der Waals surface area contributed by atoms with E-state index in [1.807, 2.05) is 68.4 Å². The topological polar surface area (TPSA) is 38.3 Å². The summed E-state index contributed by atoms with van der Waals surface area (Å²) in [6.07, 6.45) is 0. The van der Waals surface area contributed by atoms with Crippen LogP contribution in [-0.4, -0.2) is 5.91 Å². The average Bonchev–Trinajstić information content (AvgIpc) is 2.64. The van der Waals surface area contributed by atoms with Gasteiger partial charge in [-0.05, 0) is 55.3 Å². The average molecular weight is 366 g/mol. The Balaban J connectivity index is 1.84. The number of amides is 1. The van der Waals surface area contributed by atoms with Gasteiger partial charge in [0.2, 0.25) is 0 Å². The van der Waals surface area contributed by atoms with Crippen molar-refractivity contribution in [3.05, 3.63) is 94.5 Å². The van der Waals surface area contributed by atoms with Crippen LogP contribution in [0.4, 0.5) is 0 Å². The second-order valence-electron chi connectivity index (χ2n) is 6.16. The van der Waals surface area contributed by atoms with Crippen LogP contribution in [0.3, 0.4) is 0 Å². The molecule has 3 aromatic rings. The van der Waals surface area contributed by atoms with Crippen LogP contribution in [0.2, 0.25) is 5.02 Å². The lowest BCUT2D eigenvalue weighted by molar-refractivity contribution is 0.0937. The van der Waals surface area contributed by atoms with E-state index in [1.165, 1.54) is 0 Å². The predicted molar refractivity (Wildman–Crippen MR) is 105 cm³/mol. The highest BCUT2D eigenvalue weighted by Crippen LogP contribution is 2.29. The Morgan fingerprint density at radius 3 is 2.50 bits per heavy atom. The van der Waals surface area contributed by atoms with Crippen LogP contribution in [0.25, 0.3) is 0 Å². The smallest absolute Gasteiger partial charge is 0.255 e. The zero-order chi connectivity index (χ0) is 18.5. The maximum Gasteiger partial charge on any atom is 0.255 e. The second kappa shape index (κ2) is 8.07. The Morgan fingerprint density at radius 1 is 1.00 bits per heavy atom. The summed E-state index contributed by atoms with van der Waals surface area (Å²) in [4.78, 5) is 12.8. The van der Waals surface area contributed by atoms with Gasteiger partial charge in [0.25, 0.3) is 5.91 Å². The molecule has 0 unspecified atom stereocenters. The molecule has 26 heavy (non-hydrogen) atoms. The molecule has 0 heterocycles. The molecule has 3 aromatic carbocycles. The van der Waals surface area contributed by atoms with Gasteiger partial charge in [0.15, 0.2) is 0 Å². The quantitative estimate of drug-likeness (QED) is 0.608. The lowest BCUT2D eigenvalue weighted by Crippen LogP contribution is -2.27. The van der Waals surface area contributed by atoms with Gasteiger partial charge < -0.3 is 10.1 Å². The first kappa shape index (κ1) is 18.0. The van der Waals surface area contributed by atoms with Crippen molar-refractivity contribution < 1.29 is 9.53 Å². The molecule has 0 aliphatic carbocycles. The zero-order valence-corrected chi connectivity index (χ0v) is 15.5. The second-order valence-corrected chi connectivity index (χ2v) is 6.60. The van der Waals surface area contributed by atoms with E-state index in [2.05, 4.69) is 5.32 Å². The third kappa shape index (κ3) is 4.44. The molecule has 0 aliphatic heterocycles. The van der Waals surface area contributed by atoms with Crippen molar-refractivity contribution >= 4 is 17.5 Å². The molecule has 0 radical (unpaired) electrons. The maximum absolute atomic E-state index is 12.8. The largest absolute Gasteiger partial charge is 0.457 e. The van der Waals surface area contributed by atoms with Crippen LogP contribution in [0.1, 0.15) is 34.5 Å². The fourth-order valence-electron chi connectivity index (χ4n) is 2.67. The third-order valence-corrected chi connectivity index (χ3v) is 4.29. The summed E-state index contributed by atoms with van der Waals surface area (Å²) in [6.45, 7) is 3.93. The molecule has 0 bridgehead atoms. The van der Waals surface area contributed by atoms with Gasteiger partial charge in [0.1, 0.15) is 11.5 Å². The zero-order valence-electron chi connectivity index (χ0n) is 14.7. The molecule has 132 valence electrons. The number of benzene rings is 3. The molecule has 1 N–H and O–H groups in total. The first-order chi connectivity index (χ1) is 12.5. The van der Waals surface area contributed by atoms with Crippen LogP contribution in [-0.2, 0) is 0 Å². The third-order valence-electron chi connectivity index (χ3n) is 4.05. The number of carbonyl (C=O) groups excluding carboxylic acids is 1. The Hall–Kier alpha value is -2.78. The molecule has 3 nitrogen and oxygen atoms in total. The summed E-state index contributed by atoms with van der Waals surface area (Å²) in [7, 11) is 0. The number of hydrogen-bond donors (Lipinski definition) is 1. The number of aryl methyl sites for hydroxylation is 1. The summed E-state index contributed by atoms with van der Waals surface area (Å²) in [5.41, 5.74) is 2.52. The molecule has 0 fully saturated rings. The molecule has 1 amide bonds. The van der Waals surface area contributed by atoms with Gasteiger partial charge in [-0.3, -0.25) is 4.79 Å². The lowest BCUT2D eigenvalue weighted by Gasteiger charge is -2.16. The van der Waals surface area contributed by atoms with E-state index in [1.54, 1.807) is 18.2 Å². The Morgan fingerprint density at radius 2 is 1.77 bits per heavy atom. The van der Waals surface area contributed by atoms with Crippen molar-refractivity contribution in [2.24, 2.45) is 0 Å². The molecule has 3 rings (SSSR count). The molecule has 0 saturated heterocycles. The van der Waals surface area contributed by atoms with Crippen LogP contribution in [0, 0.1) is 6.92 Å². The number of rotatable bonds is 5. The molecular weight excluding hydrogens is 346 g/mol. The number of nitrogens with one attached hydrogen (secondary N) is 1. The van der Waals surface area contributed by atoms with Crippen molar-refractivity contribution in [1.29, 1.82) is 0 Å². The number of ether oxygens (including phenoxy) is 1. The highest BCUT2D eigenvalue weighted by molar-refractivity contribution is 6.31. The number of hydrogen-bond acceptors (Lipinski definition) is 2. The van der Waals surface area contributed by atoms with E-state index in [9.17, 15) is 4.79 Å². The van der Waals surface area contributed by atoms with Crippen LogP contribution in [0.15, 0.2) is 72.8 Å². The fourth-order valence-corrected chi connectivity index (χ4v) is 2.85. The summed E-state index contributed by atoms with van der Waals surface area (Å²) in [5.74, 6) is 0.918. The van der Waals surface area contributed by atoms with E-state index in [0.717, 1.165) is 11.1 Å². The molecule has 0 aromatic heterocycles. The van der Waals surface area contributed by atoms with E-state index in [-0.39, 0.29) is 11.9 Å². The minimum absolute atomic E-state index is 0.130. The van der Waals surface area contributed by atoms with Gasteiger partial charge in [0, 0.05) is 5.02 Å². The summed E-state index contributed by atoms with van der Waals surface area (Å²) < 4.78 is 5.93. The standard InChI is InChI=1S/C22H20ClNO2/c1-15-7-6-10-19(13-15)26-21-12-11-18(23)14-20(21)22(25)24-16(2)17-8-4-3-5-9-17/h3-14,16H,1-2H3,(H,24,25)/t16-/m0/s1. The van der Waals surface area contributed by atoms with Gasteiger partial charge >= 0.3 is 0 Å². The maximum atomic E-state index is 12.8. The van der Waals surface area contributed by atoms with E-state index >= 15 is 0 Å². The van der Waals surface area contributed by atoms with Gasteiger partial charge in [-0.2, -0.15) is 0 Å². The van der Waals surface area contributed by atoms with Gasteiger partial charge in [-0.1, -0.05) is 54.1 Å². The van der Waals surface area contributed by atoms with Crippen LogP contribution < -0.4 is 10.1 Å². The normalized spacial score (nSPS) is 11.7. The fraction of sp³-hybridized carbons (Fsp3) is 0.136. The van der Waals surface area contributed by atoms with Crippen molar-refractivity contribution in [3.63, 3.8) is 0 Å². The number of halogens is 1. The SMILES string of the molecule is Cc1cccc(Oc2ccc(Cl)cc2C(=O)N[C@@H](C)c2ccccc2)c1. The minimum Gasteiger partial charge on any atom is -0.457 e. The first-order valence-corrected chi connectivity index (χ1v) is 8.80. The van der Waals surface area contributed by atoms with Gasteiger partial charge in [-0.15, -0.1) is 0 Å². The summed E-state index contributed by atoms with van der Waals surface area (Å²) in [5, 5.41) is 3.48. The molecule has 4 heteroatoms. The van der Waals surface area contributed by atoms with E-state index < -0.39 is 0 Å². The first-order valence-electron chi connectivity index (χ1n) is 8.43. The van der Waals surface area contributed by atoms with Crippen LogP contribution >= 0.6 is 11.6 Å². The van der Waals surface area contributed by atoms with Gasteiger partial charge in [0.05, 0.1) is 11.6 Å². The summed E-state index contributed by atoms with van der Waals surface area (Å²) in [6, 6.07) is 22.4. The minimum atomic E-state index is -0.230. The molecule has 0 aliphatic rings. The Kier molecular flexibility index (Phi) is 5.59. The highest BCUT2D eigenvalue weighted by Gasteiger charge is 2.17. The lowest BCUT2D eigenvalue weighted by atomic mass is 10.1. The van der Waals surface area contributed by atoms with Crippen molar-refractivity contribution in [1.82, 2.24) is 5.32 Å². The predicted octanol–water partition coefficient (Wildman–Crippen LogP) is 5.93. The Bertz CT molecular complexity index is 909. The molecular formula is C22H20ClNO2. The van der Waals surface area contributed by atoms with Crippen molar-refractivity contribution in [3.8, 4) is 11.5 Å². The van der Waals surface area contributed by atoms with Crippen molar-refractivity contribution in [2.75, 3.05) is 0 Å². The molecule has 0 spiro atoms. The van der Waals surface area contributed by atoms with E-state index in [4.69, 9.17) is 16.3 Å². The van der Waals surface area contributed by atoms with Gasteiger partial charge in [-0.25, -0.2) is 0 Å².